The van der Waals surface area contributed by atoms with Crippen LogP contribution in [0.3, 0.4) is 0 Å². The molecule has 0 radical (unpaired) electrons. The summed E-state index contributed by atoms with van der Waals surface area (Å²) in [6, 6.07) is 0. The zero-order valence-electron chi connectivity index (χ0n) is 49.9. The van der Waals surface area contributed by atoms with Crippen molar-refractivity contribution in [2.75, 3.05) is 26.4 Å². The van der Waals surface area contributed by atoms with Gasteiger partial charge in [-0.25, -0.2) is 0 Å². The van der Waals surface area contributed by atoms with Crippen LogP contribution in [-0.4, -0.2) is 48.6 Å². The second kappa shape index (κ2) is 57.8. The SMILES string of the molecule is CCCCCCC/C=C/CCCCCCCCCCCCCCCCCCCCCCCCCCCCCCCCCCCCCCCCCCCCCCCCCCC1CC(=O)OCC(CO)(CO)COC1=O. The van der Waals surface area contributed by atoms with Gasteiger partial charge in [-0.2, -0.15) is 0 Å². The van der Waals surface area contributed by atoms with Crippen molar-refractivity contribution in [2.45, 2.75) is 373 Å². The molecule has 0 spiro atoms. The number of ether oxygens (including phenoxy) is 2. The van der Waals surface area contributed by atoms with Gasteiger partial charge in [-0.3, -0.25) is 9.59 Å². The normalized spacial score (nSPS) is 15.1. The lowest BCUT2D eigenvalue weighted by Crippen LogP contribution is -2.40. The van der Waals surface area contributed by atoms with Crippen LogP contribution in [0.15, 0.2) is 12.2 Å². The van der Waals surface area contributed by atoms with Gasteiger partial charge in [0.2, 0.25) is 0 Å². The molecule has 438 valence electrons. The monoisotopic (exact) mass is 1040 g/mol. The van der Waals surface area contributed by atoms with Gasteiger partial charge in [0.15, 0.2) is 0 Å². The van der Waals surface area contributed by atoms with E-state index >= 15 is 0 Å². The molecule has 1 saturated heterocycles. The Labute approximate surface area is 462 Å². The van der Waals surface area contributed by atoms with E-state index in [0.29, 0.717) is 6.42 Å². The number of esters is 2. The molecular weight excluding hydrogens is 913 g/mol. The van der Waals surface area contributed by atoms with Gasteiger partial charge in [0.1, 0.15) is 13.2 Å². The fourth-order valence-electron chi connectivity index (χ4n) is 11.3. The second-order valence-corrected chi connectivity index (χ2v) is 24.2. The Kier molecular flexibility index (Phi) is 55.1. The van der Waals surface area contributed by atoms with E-state index in [0.717, 1.165) is 19.3 Å². The molecule has 1 aliphatic heterocycles. The van der Waals surface area contributed by atoms with Crippen LogP contribution in [0.5, 0.6) is 0 Å². The van der Waals surface area contributed by atoms with Crippen LogP contribution in [0.25, 0.3) is 0 Å². The highest BCUT2D eigenvalue weighted by atomic mass is 16.6. The third-order valence-corrected chi connectivity index (χ3v) is 16.8. The van der Waals surface area contributed by atoms with Crippen molar-refractivity contribution >= 4 is 11.9 Å². The predicted molar refractivity (Wildman–Crippen MR) is 320 cm³/mol. The average molecular weight is 1040 g/mol. The highest BCUT2D eigenvalue weighted by Gasteiger charge is 2.36. The van der Waals surface area contributed by atoms with Crippen LogP contribution < -0.4 is 0 Å². The molecule has 6 heteroatoms. The molecule has 0 aromatic rings. The molecule has 0 saturated carbocycles. The smallest absolute Gasteiger partial charge is 0.309 e. The number of carbonyl (C=O) groups excluding carboxylic acids is 2. The number of cyclic esters (lactones) is 2. The van der Waals surface area contributed by atoms with E-state index in [9.17, 15) is 19.8 Å². The van der Waals surface area contributed by atoms with Gasteiger partial charge >= 0.3 is 11.9 Å². The van der Waals surface area contributed by atoms with Gasteiger partial charge in [0.25, 0.3) is 0 Å². The van der Waals surface area contributed by atoms with Crippen molar-refractivity contribution in [3.63, 3.8) is 0 Å². The summed E-state index contributed by atoms with van der Waals surface area (Å²) in [6.07, 6.45) is 83.1. The van der Waals surface area contributed by atoms with Crippen LogP contribution in [0, 0.1) is 11.3 Å². The number of unbranched alkanes of at least 4 members (excludes halogenated alkanes) is 53. The van der Waals surface area contributed by atoms with E-state index in [4.69, 9.17) is 9.47 Å². The molecule has 1 atom stereocenters. The molecule has 0 aromatic heterocycles. The van der Waals surface area contributed by atoms with Crippen molar-refractivity contribution in [1.82, 2.24) is 0 Å². The maximum absolute atomic E-state index is 12.6. The lowest BCUT2D eigenvalue weighted by Gasteiger charge is -2.27. The minimum atomic E-state index is -1.12. The minimum absolute atomic E-state index is 0.00524. The largest absolute Gasteiger partial charge is 0.465 e. The van der Waals surface area contributed by atoms with Crippen LogP contribution in [-0.2, 0) is 19.1 Å². The van der Waals surface area contributed by atoms with E-state index < -0.39 is 36.5 Å². The third kappa shape index (κ3) is 48.9. The molecular formula is C68H130O6. The lowest BCUT2D eigenvalue weighted by molar-refractivity contribution is -0.155. The Bertz CT molecular complexity index is 1160. The molecule has 1 unspecified atom stereocenters. The fraction of sp³-hybridized carbons (Fsp3) is 0.941. The molecule has 0 aromatic carbocycles. The summed E-state index contributed by atoms with van der Waals surface area (Å²) >= 11 is 0. The van der Waals surface area contributed by atoms with Crippen LogP contribution >= 0.6 is 0 Å². The quantitative estimate of drug-likeness (QED) is 0.0358. The number of carbonyl (C=O) groups is 2. The minimum Gasteiger partial charge on any atom is -0.465 e. The number of aliphatic hydroxyl groups excluding tert-OH is 2. The summed E-state index contributed by atoms with van der Waals surface area (Å²) in [6.45, 7) is 1.20. The van der Waals surface area contributed by atoms with E-state index in [-0.39, 0.29) is 19.6 Å². The Balaban J connectivity index is 1.66. The predicted octanol–water partition coefficient (Wildman–Crippen LogP) is 21.5. The zero-order chi connectivity index (χ0) is 53.2. The van der Waals surface area contributed by atoms with Gasteiger partial charge in [-0.1, -0.05) is 347 Å². The summed E-state index contributed by atoms with van der Waals surface area (Å²) in [5.74, 6) is -1.40. The third-order valence-electron chi connectivity index (χ3n) is 16.8. The van der Waals surface area contributed by atoms with Crippen molar-refractivity contribution in [3.05, 3.63) is 12.2 Å². The molecule has 0 amide bonds. The van der Waals surface area contributed by atoms with Gasteiger partial charge in [-0.15, -0.1) is 0 Å². The molecule has 2 N–H and O–H groups in total. The Morgan fingerprint density at radius 2 is 0.581 bits per heavy atom. The van der Waals surface area contributed by atoms with Crippen molar-refractivity contribution in [1.29, 1.82) is 0 Å². The molecule has 1 aliphatic rings. The first kappa shape index (κ1) is 70.6. The lowest BCUT2D eigenvalue weighted by atomic mass is 9.92. The van der Waals surface area contributed by atoms with Gasteiger partial charge in [0, 0.05) is 0 Å². The number of hydrogen-bond donors (Lipinski definition) is 2. The summed E-state index contributed by atoms with van der Waals surface area (Å²) < 4.78 is 10.6. The first-order valence-corrected chi connectivity index (χ1v) is 33.8. The maximum atomic E-state index is 12.6. The van der Waals surface area contributed by atoms with Crippen molar-refractivity contribution in [3.8, 4) is 0 Å². The van der Waals surface area contributed by atoms with E-state index in [1.807, 2.05) is 0 Å². The number of aliphatic hydroxyl groups is 2. The van der Waals surface area contributed by atoms with Gasteiger partial charge < -0.3 is 19.7 Å². The summed E-state index contributed by atoms with van der Waals surface area (Å²) in [5, 5.41) is 19.2. The number of allylic oxidation sites excluding steroid dienone is 2. The average Bonchev–Trinajstić information content (AvgIpc) is 3.47. The van der Waals surface area contributed by atoms with E-state index in [1.165, 1.54) is 334 Å². The molecule has 1 heterocycles. The van der Waals surface area contributed by atoms with Gasteiger partial charge in [-0.05, 0) is 32.1 Å². The topological polar surface area (TPSA) is 93.1 Å². The van der Waals surface area contributed by atoms with Crippen LogP contribution in [0.4, 0.5) is 0 Å². The Hall–Kier alpha value is -1.40. The zero-order valence-corrected chi connectivity index (χ0v) is 49.9. The summed E-state index contributed by atoms with van der Waals surface area (Å²) in [7, 11) is 0. The van der Waals surface area contributed by atoms with Gasteiger partial charge in [0.05, 0.1) is 31.0 Å². The highest BCUT2D eigenvalue weighted by molar-refractivity contribution is 5.80. The highest BCUT2D eigenvalue weighted by Crippen LogP contribution is 2.25. The number of hydrogen-bond acceptors (Lipinski definition) is 6. The van der Waals surface area contributed by atoms with Crippen molar-refractivity contribution < 1.29 is 29.3 Å². The second-order valence-electron chi connectivity index (χ2n) is 24.2. The number of rotatable bonds is 59. The molecule has 6 nitrogen and oxygen atoms in total. The van der Waals surface area contributed by atoms with Crippen LogP contribution in [0.1, 0.15) is 373 Å². The van der Waals surface area contributed by atoms with E-state index in [2.05, 4.69) is 19.1 Å². The standard InChI is InChI=1S/C68H130O6/c1-2-3-4-5-6-7-8-9-10-11-12-13-14-15-16-17-18-19-20-21-22-23-24-25-26-27-28-29-30-31-32-33-34-35-36-37-38-39-40-41-42-43-44-45-46-47-48-49-50-51-52-53-54-55-56-57-58-59-65-60-66(71)73-63-68(61-69,62-70)64-74-67(65)72/h8-9,65,69-70H,2-7,10-64H2,1H3/b9-8+. The Morgan fingerprint density at radius 3 is 0.838 bits per heavy atom. The summed E-state index contributed by atoms with van der Waals surface area (Å²) in [4.78, 5) is 24.8. The summed E-state index contributed by atoms with van der Waals surface area (Å²) in [5.41, 5.74) is -1.12. The Morgan fingerprint density at radius 1 is 0.351 bits per heavy atom. The van der Waals surface area contributed by atoms with Crippen LogP contribution in [0.2, 0.25) is 0 Å². The molecule has 1 fully saturated rings. The first-order valence-electron chi connectivity index (χ1n) is 33.8. The van der Waals surface area contributed by atoms with Crippen molar-refractivity contribution in [2.24, 2.45) is 11.3 Å². The molecule has 74 heavy (non-hydrogen) atoms. The molecule has 1 rings (SSSR count). The van der Waals surface area contributed by atoms with E-state index in [1.54, 1.807) is 0 Å². The first-order chi connectivity index (χ1) is 36.6. The maximum Gasteiger partial charge on any atom is 0.309 e. The fourth-order valence-corrected chi connectivity index (χ4v) is 11.3. The molecule has 0 aliphatic carbocycles. The molecule has 0 bridgehead atoms.